The minimum absolute atomic E-state index is 0.0274. The average Bonchev–Trinajstić information content (AvgIpc) is 0.827. The molecule has 3 N–H and O–H groups in total. The fourth-order valence-corrected chi connectivity index (χ4v) is 13.6. The Kier molecular flexibility index (Phi) is 65.3. The van der Waals surface area contributed by atoms with Crippen molar-refractivity contribution in [2.45, 2.75) is 407 Å². The molecule has 3 amide bonds. The Hall–Kier alpha value is -4.68. The summed E-state index contributed by atoms with van der Waals surface area (Å²) in [5.74, 6) is -1.47. The van der Waals surface area contributed by atoms with E-state index >= 15 is 0 Å². The molecule has 0 bridgehead atoms. The van der Waals surface area contributed by atoms with Crippen molar-refractivity contribution in [1.82, 2.24) is 35.6 Å². The van der Waals surface area contributed by atoms with Crippen LogP contribution in [0.15, 0.2) is 12.1 Å². The second kappa shape index (κ2) is 69.8. The van der Waals surface area contributed by atoms with E-state index in [1.165, 1.54) is 37.8 Å². The van der Waals surface area contributed by atoms with Crippen molar-refractivity contribution in [2.75, 3.05) is 79.5 Å². The Morgan fingerprint density at radius 1 is 0.305 bits per heavy atom. The van der Waals surface area contributed by atoms with Crippen molar-refractivity contribution in [3.8, 4) is 0 Å². The van der Waals surface area contributed by atoms with Gasteiger partial charge in [0.1, 0.15) is 35.8 Å². The smallest absolute Gasteiger partial charge is 0.306 e. The molecule has 1 heterocycles. The molecule has 0 saturated carbocycles. The highest BCUT2D eigenvalue weighted by Crippen LogP contribution is 2.20. The highest BCUT2D eigenvalue weighted by molar-refractivity contribution is 6.02. The van der Waals surface area contributed by atoms with Gasteiger partial charge in [0, 0.05) is 50.9 Å². The van der Waals surface area contributed by atoms with Crippen LogP contribution < -0.4 is 16.0 Å². The number of esters is 4. The second-order valence-electron chi connectivity index (χ2n) is 30.5. The lowest BCUT2D eigenvalue weighted by Crippen LogP contribution is -2.34. The molecule has 610 valence electrons. The maximum atomic E-state index is 14.0. The Morgan fingerprint density at radius 3 is 0.800 bits per heavy atom. The number of nitrogens with zero attached hydrogens (tertiary/aromatic N) is 4. The fourth-order valence-electron chi connectivity index (χ4n) is 13.6. The number of hydrogen-bond donors (Lipinski definition) is 3. The highest BCUT2D eigenvalue weighted by Gasteiger charge is 2.21. The molecule has 18 nitrogen and oxygen atoms in total. The molecule has 0 aliphatic heterocycles. The first kappa shape index (κ1) is 98.3. The van der Waals surface area contributed by atoms with Crippen molar-refractivity contribution in [3.63, 3.8) is 0 Å². The Balaban J connectivity index is 3.04. The highest BCUT2D eigenvalue weighted by atomic mass is 16.6. The zero-order chi connectivity index (χ0) is 77.0. The molecule has 4 unspecified atom stereocenters. The lowest BCUT2D eigenvalue weighted by Gasteiger charge is -2.22. The number of amides is 3. The standard InChI is InChI=1S/C87H161N7O11/c1-11-19-39-54-75(15-5)102-81(95)58-43-31-23-27-35-47-66-93(67-48-36-28-24-32-44-59-82(96)103-76(16-6)55-40-20-12-2)70-52-63-89-86(100)79-72-74(85(99)88-62-51-65-92(9)10)73-80(91-79)87(101)90-64-53-71-94(68-49-37-29-25-33-45-60-83(97)104-77(17-7)56-41-21-13-3)69-50-38-30-26-34-46-61-84(98)105-78(18-8)57-42-22-14-4/h72-73,75-78H,11-71H2,1-10H3,(H,88,99)(H,89,100)(H,90,101). The van der Waals surface area contributed by atoms with Crippen LogP contribution in [0, 0.1) is 0 Å². The van der Waals surface area contributed by atoms with Gasteiger partial charge in [-0.25, -0.2) is 4.98 Å². The van der Waals surface area contributed by atoms with Gasteiger partial charge in [-0.15, -0.1) is 0 Å². The van der Waals surface area contributed by atoms with E-state index in [-0.39, 0.29) is 71.2 Å². The number of aromatic nitrogens is 1. The van der Waals surface area contributed by atoms with E-state index in [9.17, 15) is 33.6 Å². The first-order chi connectivity index (χ1) is 51.0. The third kappa shape index (κ3) is 57.1. The summed E-state index contributed by atoms with van der Waals surface area (Å²) in [6.45, 7) is 24.7. The van der Waals surface area contributed by atoms with Gasteiger partial charge in [0.15, 0.2) is 0 Å². The summed E-state index contributed by atoms with van der Waals surface area (Å²) in [5, 5.41) is 9.13. The van der Waals surface area contributed by atoms with Gasteiger partial charge in [-0.3, -0.25) is 33.6 Å². The second-order valence-corrected chi connectivity index (χ2v) is 30.5. The number of pyridine rings is 1. The van der Waals surface area contributed by atoms with Crippen molar-refractivity contribution >= 4 is 41.6 Å². The Morgan fingerprint density at radius 2 is 0.543 bits per heavy atom. The van der Waals surface area contributed by atoms with E-state index in [4.69, 9.17) is 18.9 Å². The number of rotatable bonds is 75. The van der Waals surface area contributed by atoms with Gasteiger partial charge in [0.2, 0.25) is 0 Å². The van der Waals surface area contributed by atoms with Crippen LogP contribution in [0.4, 0.5) is 0 Å². The summed E-state index contributed by atoms with van der Waals surface area (Å²) in [7, 11) is 3.98. The molecule has 18 heteroatoms. The molecule has 105 heavy (non-hydrogen) atoms. The van der Waals surface area contributed by atoms with E-state index in [0.717, 1.165) is 322 Å². The minimum Gasteiger partial charge on any atom is -0.462 e. The van der Waals surface area contributed by atoms with Gasteiger partial charge >= 0.3 is 23.9 Å². The maximum Gasteiger partial charge on any atom is 0.306 e. The normalized spacial score (nSPS) is 12.7. The van der Waals surface area contributed by atoms with Crippen molar-refractivity contribution in [2.24, 2.45) is 0 Å². The summed E-state index contributed by atoms with van der Waals surface area (Å²) >= 11 is 0. The maximum absolute atomic E-state index is 14.0. The molecular formula is C87H161N7O11. The van der Waals surface area contributed by atoms with Crippen molar-refractivity contribution in [3.05, 3.63) is 29.1 Å². The van der Waals surface area contributed by atoms with E-state index in [2.05, 4.69) is 91.0 Å². The zero-order valence-corrected chi connectivity index (χ0v) is 69.4. The monoisotopic (exact) mass is 1480 g/mol. The van der Waals surface area contributed by atoms with Crippen molar-refractivity contribution in [1.29, 1.82) is 0 Å². The molecule has 0 aliphatic rings. The Labute approximate surface area is 642 Å². The number of carbonyl (C=O) groups is 7. The number of unbranched alkanes of at least 4 members (excludes halogenated alkanes) is 28. The van der Waals surface area contributed by atoms with E-state index < -0.39 is 11.8 Å². The van der Waals surface area contributed by atoms with Crippen LogP contribution in [-0.2, 0) is 38.1 Å². The topological polar surface area (TPSA) is 215 Å². The van der Waals surface area contributed by atoms with Gasteiger partial charge in [-0.1, -0.05) is 209 Å². The van der Waals surface area contributed by atoms with Crippen LogP contribution >= 0.6 is 0 Å². The van der Waals surface area contributed by atoms with Gasteiger partial charge < -0.3 is 49.6 Å². The summed E-state index contributed by atoms with van der Waals surface area (Å²) in [5.41, 5.74) is 0.268. The first-order valence-corrected chi connectivity index (χ1v) is 43.8. The number of carbonyl (C=O) groups excluding carboxylic acids is 7. The van der Waals surface area contributed by atoms with Gasteiger partial charge in [-0.05, 0) is 220 Å². The molecule has 1 aromatic rings. The molecule has 0 radical (unpaired) electrons. The van der Waals surface area contributed by atoms with Crippen LogP contribution in [0.5, 0.6) is 0 Å². The van der Waals surface area contributed by atoms with E-state index in [0.29, 0.717) is 45.3 Å². The SMILES string of the molecule is CCCCCC(CC)OC(=O)CCCCCCCCN(CCCCCCCCC(=O)OC(CC)CCCCC)CCCNC(=O)c1cc(C(=O)NCCCN(C)C)cc(C(=O)NCCCN(CCCCCCCCC(=O)OC(CC)CCCCC)CCCCCCCCC(=O)OC(CC)CCCCC)n1. The minimum atomic E-state index is -0.430. The predicted octanol–water partition coefficient (Wildman–Crippen LogP) is 20.1. The number of ether oxygens (including phenoxy) is 4. The molecule has 0 aliphatic carbocycles. The van der Waals surface area contributed by atoms with Gasteiger partial charge in [-0.2, -0.15) is 0 Å². The Bertz CT molecular complexity index is 2070. The molecule has 0 fully saturated rings. The van der Waals surface area contributed by atoms with Gasteiger partial charge in [0.05, 0.1) is 0 Å². The molecule has 0 saturated heterocycles. The molecule has 0 aromatic carbocycles. The quantitative estimate of drug-likeness (QED) is 0.0314. The summed E-state index contributed by atoms with van der Waals surface area (Å²) in [6, 6.07) is 2.99. The van der Waals surface area contributed by atoms with Crippen LogP contribution in [0.1, 0.15) is 414 Å². The van der Waals surface area contributed by atoms with Crippen LogP contribution in [-0.4, -0.2) is 165 Å². The molecule has 4 atom stereocenters. The van der Waals surface area contributed by atoms with Gasteiger partial charge in [0.25, 0.3) is 17.7 Å². The zero-order valence-electron chi connectivity index (χ0n) is 69.4. The summed E-state index contributed by atoms with van der Waals surface area (Å²) in [4.78, 5) is 104. The third-order valence-electron chi connectivity index (χ3n) is 20.4. The van der Waals surface area contributed by atoms with Crippen LogP contribution in [0.2, 0.25) is 0 Å². The van der Waals surface area contributed by atoms with Crippen LogP contribution in [0.3, 0.4) is 0 Å². The average molecular weight is 1480 g/mol. The van der Waals surface area contributed by atoms with E-state index in [1.807, 2.05) is 14.1 Å². The molecular weight excluding hydrogens is 1320 g/mol. The predicted molar refractivity (Wildman–Crippen MR) is 433 cm³/mol. The summed E-state index contributed by atoms with van der Waals surface area (Å²) in [6.07, 6.45) is 50.4. The number of hydrogen-bond acceptors (Lipinski definition) is 15. The van der Waals surface area contributed by atoms with Crippen LogP contribution in [0.25, 0.3) is 0 Å². The van der Waals surface area contributed by atoms with Crippen molar-refractivity contribution < 1.29 is 52.5 Å². The lowest BCUT2D eigenvalue weighted by atomic mass is 10.1. The third-order valence-corrected chi connectivity index (χ3v) is 20.4. The summed E-state index contributed by atoms with van der Waals surface area (Å²) < 4.78 is 23.2. The molecule has 1 aromatic heterocycles. The first-order valence-electron chi connectivity index (χ1n) is 43.8. The number of nitrogens with one attached hydrogen (secondary N) is 3. The molecule has 0 spiro atoms. The lowest BCUT2D eigenvalue weighted by molar-refractivity contribution is -0.150. The van der Waals surface area contributed by atoms with E-state index in [1.54, 1.807) is 0 Å². The largest absolute Gasteiger partial charge is 0.462 e. The molecule has 1 rings (SSSR count). The fraction of sp³-hybridized carbons (Fsp3) is 0.862.